The SMILES string of the molecule is C/C=C\c1c(C)n(-c2cccc(C)c2)c2cccc(N(C3=CC4C(c5c(ccc6c5-c5ccccc5C6)C4(C)C)C4Oc5ccccc5C34)c3ccc(C(C)(C)C)cc3)c12. The van der Waals surface area contributed by atoms with Gasteiger partial charge in [0.05, 0.1) is 17.1 Å². The molecule has 3 heteroatoms. The smallest absolute Gasteiger partial charge is 0.123 e. The second-order valence-corrected chi connectivity index (χ2v) is 19.3. The maximum atomic E-state index is 7.40. The number of fused-ring (bicyclic) bond motifs is 12. The average Bonchev–Trinajstić information content (AvgIpc) is 3.95. The molecule has 6 aromatic carbocycles. The molecule has 298 valence electrons. The molecule has 7 aromatic rings. The molecule has 1 aliphatic heterocycles. The maximum absolute atomic E-state index is 7.40. The van der Waals surface area contributed by atoms with Gasteiger partial charge in [-0.15, -0.1) is 0 Å². The molecular formula is C57H54N2O. The van der Waals surface area contributed by atoms with Crippen LogP contribution in [-0.2, 0) is 17.3 Å². The fraction of sp³-hybridized carbons (Fsp3) is 0.263. The molecule has 4 atom stereocenters. The van der Waals surface area contributed by atoms with Crippen molar-refractivity contribution in [2.45, 2.75) is 90.6 Å². The zero-order valence-electron chi connectivity index (χ0n) is 36.2. The van der Waals surface area contributed by atoms with Crippen LogP contribution in [0.3, 0.4) is 0 Å². The summed E-state index contributed by atoms with van der Waals surface area (Å²) in [5.41, 5.74) is 21.0. The van der Waals surface area contributed by atoms with E-state index < -0.39 is 0 Å². The summed E-state index contributed by atoms with van der Waals surface area (Å²) >= 11 is 0. The van der Waals surface area contributed by atoms with Gasteiger partial charge in [-0.1, -0.05) is 138 Å². The molecule has 11 rings (SSSR count). The number of benzene rings is 6. The number of aryl methyl sites for hydroxylation is 1. The number of hydrogen-bond donors (Lipinski definition) is 0. The second-order valence-electron chi connectivity index (χ2n) is 19.3. The topological polar surface area (TPSA) is 17.4 Å². The first-order valence-corrected chi connectivity index (χ1v) is 21.9. The molecule has 0 spiro atoms. The highest BCUT2D eigenvalue weighted by atomic mass is 16.5. The van der Waals surface area contributed by atoms with Crippen LogP contribution in [0.2, 0.25) is 0 Å². The van der Waals surface area contributed by atoms with E-state index in [9.17, 15) is 0 Å². The van der Waals surface area contributed by atoms with E-state index in [1.54, 1.807) is 0 Å². The van der Waals surface area contributed by atoms with Gasteiger partial charge in [-0.25, -0.2) is 0 Å². The average molecular weight is 783 g/mol. The summed E-state index contributed by atoms with van der Waals surface area (Å²) < 4.78 is 9.86. The Morgan fingerprint density at radius 1 is 0.800 bits per heavy atom. The third kappa shape index (κ3) is 5.27. The summed E-state index contributed by atoms with van der Waals surface area (Å²) in [5.74, 6) is 1.43. The van der Waals surface area contributed by atoms with Gasteiger partial charge in [0.1, 0.15) is 11.9 Å². The first kappa shape index (κ1) is 37.0. The number of nitrogens with zero attached hydrogens (tertiary/aromatic N) is 2. The van der Waals surface area contributed by atoms with Crippen LogP contribution in [0.4, 0.5) is 11.4 Å². The molecule has 3 aliphatic carbocycles. The summed E-state index contributed by atoms with van der Waals surface area (Å²) in [4.78, 5) is 2.62. The predicted molar refractivity (Wildman–Crippen MR) is 250 cm³/mol. The highest BCUT2D eigenvalue weighted by molar-refractivity contribution is 6.04. The third-order valence-electron chi connectivity index (χ3n) is 14.5. The molecule has 0 bridgehead atoms. The lowest BCUT2D eigenvalue weighted by Gasteiger charge is -2.43. The van der Waals surface area contributed by atoms with Crippen molar-refractivity contribution < 1.29 is 4.74 Å². The Bertz CT molecular complexity index is 2950. The molecule has 3 nitrogen and oxygen atoms in total. The van der Waals surface area contributed by atoms with Gasteiger partial charge in [-0.05, 0) is 131 Å². The van der Waals surface area contributed by atoms with Crippen LogP contribution in [0.15, 0.2) is 145 Å². The van der Waals surface area contributed by atoms with Gasteiger partial charge in [0.15, 0.2) is 0 Å². The van der Waals surface area contributed by atoms with Gasteiger partial charge in [0.25, 0.3) is 0 Å². The van der Waals surface area contributed by atoms with Gasteiger partial charge >= 0.3 is 0 Å². The number of rotatable bonds is 5. The molecule has 0 saturated carbocycles. The third-order valence-corrected chi connectivity index (χ3v) is 14.5. The maximum Gasteiger partial charge on any atom is 0.123 e. The van der Waals surface area contributed by atoms with Gasteiger partial charge < -0.3 is 14.2 Å². The number of allylic oxidation sites excluding steroid dienone is 2. The molecule has 2 heterocycles. The van der Waals surface area contributed by atoms with Crippen LogP contribution < -0.4 is 9.64 Å². The number of para-hydroxylation sites is 1. The zero-order valence-corrected chi connectivity index (χ0v) is 36.2. The lowest BCUT2D eigenvalue weighted by Crippen LogP contribution is -2.41. The minimum absolute atomic E-state index is 0.0133. The number of aromatic nitrogens is 1. The van der Waals surface area contributed by atoms with Crippen LogP contribution in [0.5, 0.6) is 5.75 Å². The van der Waals surface area contributed by atoms with Crippen molar-refractivity contribution in [3.05, 3.63) is 195 Å². The van der Waals surface area contributed by atoms with Crippen molar-refractivity contribution in [3.63, 3.8) is 0 Å². The molecule has 1 aromatic heterocycles. The van der Waals surface area contributed by atoms with Gasteiger partial charge in [-0.3, -0.25) is 0 Å². The highest BCUT2D eigenvalue weighted by Crippen LogP contribution is 2.65. The van der Waals surface area contributed by atoms with Crippen molar-refractivity contribution in [1.82, 2.24) is 4.57 Å². The Labute approximate surface area is 355 Å². The fourth-order valence-corrected chi connectivity index (χ4v) is 11.7. The van der Waals surface area contributed by atoms with Crippen LogP contribution in [0.25, 0.3) is 33.8 Å². The monoisotopic (exact) mass is 782 g/mol. The highest BCUT2D eigenvalue weighted by Gasteiger charge is 2.58. The van der Waals surface area contributed by atoms with Crippen LogP contribution in [0, 0.1) is 19.8 Å². The minimum Gasteiger partial charge on any atom is -0.488 e. The van der Waals surface area contributed by atoms with Crippen LogP contribution in [-0.4, -0.2) is 10.7 Å². The van der Waals surface area contributed by atoms with Crippen molar-refractivity contribution in [1.29, 1.82) is 0 Å². The molecular weight excluding hydrogens is 729 g/mol. The van der Waals surface area contributed by atoms with Crippen LogP contribution in [0.1, 0.15) is 104 Å². The first-order chi connectivity index (χ1) is 29.0. The minimum atomic E-state index is -0.129. The van der Waals surface area contributed by atoms with E-state index >= 15 is 0 Å². The Hall–Kier alpha value is -6.06. The van der Waals surface area contributed by atoms with E-state index in [1.165, 1.54) is 95.0 Å². The molecule has 0 N–H and O–H groups in total. The molecule has 0 saturated heterocycles. The number of anilines is 2. The molecule has 4 unspecified atom stereocenters. The zero-order chi connectivity index (χ0) is 41.2. The second kappa shape index (κ2) is 13.2. The fourth-order valence-electron chi connectivity index (χ4n) is 11.7. The Morgan fingerprint density at radius 2 is 1.57 bits per heavy atom. The van der Waals surface area contributed by atoms with Crippen molar-refractivity contribution in [2.75, 3.05) is 4.90 Å². The summed E-state index contributed by atoms with van der Waals surface area (Å²) in [6.45, 7) is 18.5. The first-order valence-electron chi connectivity index (χ1n) is 21.9. The summed E-state index contributed by atoms with van der Waals surface area (Å²) in [6, 6.07) is 48.1. The standard InChI is InChI=1S/C57H54N2O/c1-9-16-41-35(3)58(40-19-14-17-34(2)31-40)46-22-15-23-47(51(41)46)59(39-28-26-38(27-29-39)56(4,5)6)48-33-45-54(55-52(48)43-21-12-13-24-49(43)60-55)53-44(57(45,7)8)30-25-37-32-36-18-10-11-20-42(36)50(37)53/h9-31,33,45,52,54-55H,32H2,1-8H3/b16-9-. The Balaban J connectivity index is 1.20. The Morgan fingerprint density at radius 3 is 2.35 bits per heavy atom. The lowest BCUT2D eigenvalue weighted by molar-refractivity contribution is 0.139. The van der Waals surface area contributed by atoms with E-state index in [2.05, 4.69) is 210 Å². The Kier molecular flexibility index (Phi) is 8.15. The molecule has 0 amide bonds. The normalized spacial score (nSPS) is 20.6. The molecule has 0 radical (unpaired) electrons. The van der Waals surface area contributed by atoms with Gasteiger partial charge in [0, 0.05) is 45.2 Å². The summed E-state index contributed by atoms with van der Waals surface area (Å²) in [6.07, 6.45) is 8.12. The van der Waals surface area contributed by atoms with Gasteiger partial charge in [-0.2, -0.15) is 0 Å². The van der Waals surface area contributed by atoms with Crippen molar-refractivity contribution in [3.8, 4) is 22.6 Å². The quantitative estimate of drug-likeness (QED) is 0.173. The van der Waals surface area contributed by atoms with E-state index in [-0.39, 0.29) is 34.7 Å². The summed E-state index contributed by atoms with van der Waals surface area (Å²) in [7, 11) is 0. The molecule has 60 heavy (non-hydrogen) atoms. The molecule has 0 fully saturated rings. The van der Waals surface area contributed by atoms with E-state index in [1.807, 2.05) is 0 Å². The predicted octanol–water partition coefficient (Wildman–Crippen LogP) is 14.4. The number of ether oxygens (including phenoxy) is 1. The van der Waals surface area contributed by atoms with Crippen molar-refractivity contribution >= 4 is 28.4 Å². The van der Waals surface area contributed by atoms with Crippen molar-refractivity contribution in [2.24, 2.45) is 5.92 Å². The van der Waals surface area contributed by atoms with E-state index in [4.69, 9.17) is 4.74 Å². The van der Waals surface area contributed by atoms with Gasteiger partial charge in [0.2, 0.25) is 0 Å². The molecule has 4 aliphatic rings. The van der Waals surface area contributed by atoms with E-state index in [0.717, 1.165) is 12.2 Å². The number of hydrogen-bond acceptors (Lipinski definition) is 2. The largest absolute Gasteiger partial charge is 0.488 e. The summed E-state index contributed by atoms with van der Waals surface area (Å²) in [5, 5.41) is 1.25. The van der Waals surface area contributed by atoms with E-state index in [0.29, 0.717) is 0 Å². The van der Waals surface area contributed by atoms with Crippen LogP contribution >= 0.6 is 0 Å². The lowest BCUT2D eigenvalue weighted by atomic mass is 9.67.